The van der Waals surface area contributed by atoms with Crippen molar-refractivity contribution in [3.05, 3.63) is 52.5 Å². The van der Waals surface area contributed by atoms with Crippen molar-refractivity contribution in [1.29, 1.82) is 0 Å². The van der Waals surface area contributed by atoms with Gasteiger partial charge in [0, 0.05) is 10.7 Å². The Hall–Kier alpha value is -2.20. The van der Waals surface area contributed by atoms with Crippen molar-refractivity contribution in [3.63, 3.8) is 0 Å². The molecule has 2 N–H and O–H groups in total. The molecule has 2 aromatic carbocycles. The van der Waals surface area contributed by atoms with Gasteiger partial charge in [-0.15, -0.1) is 0 Å². The van der Waals surface area contributed by atoms with E-state index in [1.165, 1.54) is 5.56 Å². The molecule has 1 amide bonds. The van der Waals surface area contributed by atoms with Crippen LogP contribution >= 0.6 is 11.6 Å². The van der Waals surface area contributed by atoms with Crippen molar-refractivity contribution >= 4 is 28.9 Å². The Kier molecular flexibility index (Phi) is 5.50. The van der Waals surface area contributed by atoms with E-state index < -0.39 is 6.04 Å². The molecule has 0 aromatic heterocycles. The monoisotopic (exact) mass is 332 g/mol. The van der Waals surface area contributed by atoms with Crippen LogP contribution < -0.4 is 15.4 Å². The Morgan fingerprint density at radius 3 is 2.52 bits per heavy atom. The maximum absolute atomic E-state index is 12.4. The van der Waals surface area contributed by atoms with Crippen molar-refractivity contribution in [3.8, 4) is 5.75 Å². The molecular formula is C18H21ClN2O2. The Morgan fingerprint density at radius 1 is 1.13 bits per heavy atom. The third-order valence-electron chi connectivity index (χ3n) is 3.57. The number of hydrogen-bond acceptors (Lipinski definition) is 3. The highest BCUT2D eigenvalue weighted by atomic mass is 35.5. The number of benzene rings is 2. The minimum absolute atomic E-state index is 0.162. The molecule has 0 aliphatic heterocycles. The molecule has 1 atom stereocenters. The van der Waals surface area contributed by atoms with Gasteiger partial charge in [0.1, 0.15) is 11.8 Å². The summed E-state index contributed by atoms with van der Waals surface area (Å²) in [4.78, 5) is 12.4. The number of nitrogens with one attached hydrogen (secondary N) is 2. The molecule has 4 nitrogen and oxygen atoms in total. The van der Waals surface area contributed by atoms with E-state index in [0.717, 1.165) is 11.3 Å². The summed E-state index contributed by atoms with van der Waals surface area (Å²) in [5, 5.41) is 6.60. The van der Waals surface area contributed by atoms with Crippen molar-refractivity contribution in [2.24, 2.45) is 0 Å². The Bertz CT molecular complexity index is 716. The maximum atomic E-state index is 12.4. The van der Waals surface area contributed by atoms with Crippen molar-refractivity contribution in [2.45, 2.75) is 26.8 Å². The second-order valence-electron chi connectivity index (χ2n) is 5.52. The van der Waals surface area contributed by atoms with E-state index >= 15 is 0 Å². The van der Waals surface area contributed by atoms with Crippen LogP contribution in [0, 0.1) is 13.8 Å². The van der Waals surface area contributed by atoms with Crippen LogP contribution in [0.4, 0.5) is 11.4 Å². The standard InChI is InChI=1S/C18H21ClN2O2/c1-11-5-7-15(12(2)9-11)20-13(3)18(22)21-16-10-14(19)6-8-17(16)23-4/h5-10,13,20H,1-4H3,(H,21,22). The fraction of sp³-hybridized carbons (Fsp3) is 0.278. The number of rotatable bonds is 5. The predicted octanol–water partition coefficient (Wildman–Crippen LogP) is 4.40. The fourth-order valence-corrected chi connectivity index (χ4v) is 2.47. The summed E-state index contributed by atoms with van der Waals surface area (Å²) in [6.45, 7) is 5.87. The molecule has 122 valence electrons. The zero-order valence-electron chi connectivity index (χ0n) is 13.7. The van der Waals surface area contributed by atoms with Gasteiger partial charge in [-0.1, -0.05) is 29.3 Å². The molecule has 0 heterocycles. The van der Waals surface area contributed by atoms with E-state index in [-0.39, 0.29) is 5.91 Å². The first-order chi connectivity index (χ1) is 10.9. The van der Waals surface area contributed by atoms with Gasteiger partial charge in [-0.3, -0.25) is 4.79 Å². The summed E-state index contributed by atoms with van der Waals surface area (Å²) < 4.78 is 5.24. The van der Waals surface area contributed by atoms with Crippen LogP contribution in [0.15, 0.2) is 36.4 Å². The van der Waals surface area contributed by atoms with Gasteiger partial charge in [0.25, 0.3) is 0 Å². The molecular weight excluding hydrogens is 312 g/mol. The maximum Gasteiger partial charge on any atom is 0.246 e. The van der Waals surface area contributed by atoms with Crippen molar-refractivity contribution < 1.29 is 9.53 Å². The van der Waals surface area contributed by atoms with Gasteiger partial charge in [0.05, 0.1) is 12.8 Å². The third kappa shape index (κ3) is 4.39. The molecule has 5 heteroatoms. The van der Waals surface area contributed by atoms with Gasteiger partial charge in [-0.05, 0) is 50.6 Å². The molecule has 0 radical (unpaired) electrons. The Morgan fingerprint density at radius 2 is 1.87 bits per heavy atom. The molecule has 0 bridgehead atoms. The van der Waals surface area contributed by atoms with Crippen LogP contribution in [-0.2, 0) is 4.79 Å². The van der Waals surface area contributed by atoms with Crippen LogP contribution in [0.1, 0.15) is 18.1 Å². The Labute approximate surface area is 141 Å². The lowest BCUT2D eigenvalue weighted by atomic mass is 10.1. The first-order valence-corrected chi connectivity index (χ1v) is 7.76. The summed E-state index contributed by atoms with van der Waals surface area (Å²) in [6.07, 6.45) is 0. The smallest absolute Gasteiger partial charge is 0.246 e. The summed E-state index contributed by atoms with van der Waals surface area (Å²) in [5.74, 6) is 0.409. The normalized spacial score (nSPS) is 11.7. The Balaban J connectivity index is 2.10. The fourth-order valence-electron chi connectivity index (χ4n) is 2.29. The molecule has 0 spiro atoms. The number of carbonyl (C=O) groups excluding carboxylic acids is 1. The van der Waals surface area contributed by atoms with E-state index in [4.69, 9.17) is 16.3 Å². The molecule has 0 saturated carbocycles. The minimum atomic E-state index is -0.403. The highest BCUT2D eigenvalue weighted by molar-refractivity contribution is 6.31. The highest BCUT2D eigenvalue weighted by Crippen LogP contribution is 2.28. The van der Waals surface area contributed by atoms with Gasteiger partial charge in [-0.2, -0.15) is 0 Å². The zero-order chi connectivity index (χ0) is 17.0. The highest BCUT2D eigenvalue weighted by Gasteiger charge is 2.16. The van der Waals surface area contributed by atoms with Gasteiger partial charge in [-0.25, -0.2) is 0 Å². The van der Waals surface area contributed by atoms with Crippen molar-refractivity contribution in [2.75, 3.05) is 17.7 Å². The number of hydrogen-bond donors (Lipinski definition) is 2. The first-order valence-electron chi connectivity index (χ1n) is 7.39. The van der Waals surface area contributed by atoms with Crippen LogP contribution in [0.25, 0.3) is 0 Å². The quantitative estimate of drug-likeness (QED) is 0.853. The molecule has 2 rings (SSSR count). The van der Waals surface area contributed by atoms with Crippen LogP contribution in [-0.4, -0.2) is 19.1 Å². The summed E-state index contributed by atoms with van der Waals surface area (Å²) in [5.41, 5.74) is 3.79. The SMILES string of the molecule is COc1ccc(Cl)cc1NC(=O)C(C)Nc1ccc(C)cc1C. The minimum Gasteiger partial charge on any atom is -0.495 e. The number of methoxy groups -OCH3 is 1. The molecule has 0 aliphatic rings. The lowest BCUT2D eigenvalue weighted by Crippen LogP contribution is -2.32. The number of amides is 1. The lowest BCUT2D eigenvalue weighted by Gasteiger charge is -2.18. The average Bonchev–Trinajstić information content (AvgIpc) is 2.50. The molecule has 0 fully saturated rings. The molecule has 0 aliphatic carbocycles. The molecule has 1 unspecified atom stereocenters. The zero-order valence-corrected chi connectivity index (χ0v) is 14.5. The summed E-state index contributed by atoms with van der Waals surface area (Å²) >= 11 is 5.98. The molecule has 23 heavy (non-hydrogen) atoms. The van der Waals surface area contributed by atoms with E-state index in [1.54, 1.807) is 25.3 Å². The number of carbonyl (C=O) groups is 1. The van der Waals surface area contributed by atoms with Gasteiger partial charge < -0.3 is 15.4 Å². The predicted molar refractivity (Wildman–Crippen MR) is 95.6 cm³/mol. The second kappa shape index (κ2) is 7.38. The number of halogens is 1. The largest absolute Gasteiger partial charge is 0.495 e. The van der Waals surface area contributed by atoms with E-state index in [0.29, 0.717) is 16.5 Å². The van der Waals surface area contributed by atoms with E-state index in [2.05, 4.69) is 16.7 Å². The molecule has 0 saturated heterocycles. The van der Waals surface area contributed by atoms with Crippen LogP contribution in [0.2, 0.25) is 5.02 Å². The van der Waals surface area contributed by atoms with Gasteiger partial charge >= 0.3 is 0 Å². The summed E-state index contributed by atoms with van der Waals surface area (Å²) in [7, 11) is 1.55. The topological polar surface area (TPSA) is 50.4 Å². The second-order valence-corrected chi connectivity index (χ2v) is 5.95. The van der Waals surface area contributed by atoms with E-state index in [1.807, 2.05) is 32.9 Å². The van der Waals surface area contributed by atoms with Gasteiger partial charge in [0.2, 0.25) is 5.91 Å². The lowest BCUT2D eigenvalue weighted by molar-refractivity contribution is -0.116. The van der Waals surface area contributed by atoms with E-state index in [9.17, 15) is 4.79 Å². The molecule has 2 aromatic rings. The van der Waals surface area contributed by atoms with Crippen molar-refractivity contribution in [1.82, 2.24) is 0 Å². The summed E-state index contributed by atoms with van der Waals surface area (Å²) in [6, 6.07) is 10.8. The average molecular weight is 333 g/mol. The van der Waals surface area contributed by atoms with Crippen LogP contribution in [0.5, 0.6) is 5.75 Å². The first kappa shape index (κ1) is 17.2. The van der Waals surface area contributed by atoms with Gasteiger partial charge in [0.15, 0.2) is 0 Å². The van der Waals surface area contributed by atoms with Crippen LogP contribution in [0.3, 0.4) is 0 Å². The number of ether oxygens (including phenoxy) is 1. The number of aryl methyl sites for hydroxylation is 2. The third-order valence-corrected chi connectivity index (χ3v) is 3.80. The number of anilines is 2.